The van der Waals surface area contributed by atoms with Crippen LogP contribution in [0.25, 0.3) is 10.9 Å². The van der Waals surface area contributed by atoms with Crippen molar-refractivity contribution in [2.75, 3.05) is 20.3 Å². The van der Waals surface area contributed by atoms with Gasteiger partial charge in [-0.05, 0) is 61.7 Å². The predicted molar refractivity (Wildman–Crippen MR) is 123 cm³/mol. The van der Waals surface area contributed by atoms with Crippen LogP contribution >= 0.6 is 0 Å². The van der Waals surface area contributed by atoms with E-state index in [1.54, 1.807) is 26.2 Å². The normalized spacial score (nSPS) is 16.0. The number of rotatable bonds is 8. The lowest BCUT2D eigenvalue weighted by Gasteiger charge is -2.27. The zero-order valence-electron chi connectivity index (χ0n) is 18.7. The minimum atomic E-state index is -0.783. The molecular weight excluding hydrogens is 424 g/mol. The molecule has 8 heteroatoms. The van der Waals surface area contributed by atoms with Gasteiger partial charge >= 0.3 is 0 Å². The van der Waals surface area contributed by atoms with Crippen LogP contribution in [0.15, 0.2) is 53.9 Å². The molecule has 0 aliphatic carbocycles. The number of hydrogen-bond donors (Lipinski definition) is 3. The third-order valence-electron chi connectivity index (χ3n) is 5.88. The summed E-state index contributed by atoms with van der Waals surface area (Å²) in [4.78, 5) is 30.0. The lowest BCUT2D eigenvalue weighted by molar-refractivity contribution is -0.129. The van der Waals surface area contributed by atoms with Gasteiger partial charge in [-0.1, -0.05) is 6.07 Å². The number of aliphatic hydroxyl groups excluding tert-OH is 1. The second-order valence-electron chi connectivity index (χ2n) is 7.86. The van der Waals surface area contributed by atoms with E-state index in [1.165, 1.54) is 17.9 Å². The number of phenols is 1. The molecule has 3 N–H and O–H groups in total. The number of benzene rings is 2. The lowest BCUT2D eigenvalue weighted by atomic mass is 9.96. The van der Waals surface area contributed by atoms with E-state index in [9.17, 15) is 19.8 Å². The third kappa shape index (κ3) is 4.00. The maximum Gasteiger partial charge on any atom is 0.290 e. The first-order chi connectivity index (χ1) is 15.8. The zero-order chi connectivity index (χ0) is 23.7. The van der Waals surface area contributed by atoms with E-state index in [2.05, 4.69) is 4.98 Å². The van der Waals surface area contributed by atoms with Crippen molar-refractivity contribution < 1.29 is 29.3 Å². The molecular formula is C25H26N2O6. The number of nitrogens with zero attached hydrogens (tertiary/aromatic N) is 1. The van der Waals surface area contributed by atoms with Crippen LogP contribution in [0.5, 0.6) is 17.2 Å². The summed E-state index contributed by atoms with van der Waals surface area (Å²) in [5.41, 5.74) is 2.53. The molecule has 2 heterocycles. The van der Waals surface area contributed by atoms with Crippen molar-refractivity contribution in [3.63, 3.8) is 0 Å². The van der Waals surface area contributed by atoms with Crippen LogP contribution < -0.4 is 9.47 Å². The van der Waals surface area contributed by atoms with Gasteiger partial charge in [0.1, 0.15) is 5.75 Å². The van der Waals surface area contributed by atoms with Crippen molar-refractivity contribution in [2.24, 2.45) is 0 Å². The second-order valence-corrected chi connectivity index (χ2v) is 7.86. The molecule has 1 aromatic heterocycles. The number of hydrogen-bond acceptors (Lipinski definition) is 6. The van der Waals surface area contributed by atoms with Gasteiger partial charge in [0.25, 0.3) is 5.91 Å². The summed E-state index contributed by atoms with van der Waals surface area (Å²) < 4.78 is 10.8. The molecule has 172 valence electrons. The van der Waals surface area contributed by atoms with Crippen molar-refractivity contribution in [1.29, 1.82) is 0 Å². The van der Waals surface area contributed by atoms with Crippen molar-refractivity contribution in [3.8, 4) is 17.2 Å². The summed E-state index contributed by atoms with van der Waals surface area (Å²) >= 11 is 0. The van der Waals surface area contributed by atoms with E-state index < -0.39 is 23.5 Å². The van der Waals surface area contributed by atoms with Crippen molar-refractivity contribution >= 4 is 22.6 Å². The topological polar surface area (TPSA) is 112 Å². The first-order valence-electron chi connectivity index (χ1n) is 10.7. The number of amides is 1. The molecule has 0 radical (unpaired) electrons. The fraction of sp³-hybridized carbons (Fsp3) is 0.280. The van der Waals surface area contributed by atoms with Gasteiger partial charge in [-0.2, -0.15) is 0 Å². The van der Waals surface area contributed by atoms with E-state index in [-0.39, 0.29) is 23.6 Å². The maximum absolute atomic E-state index is 13.0. The van der Waals surface area contributed by atoms with Gasteiger partial charge in [-0.25, -0.2) is 0 Å². The SMILES string of the molecule is CCOc1cc(C2C(C(C)=O)=C(O)C(=O)N2CCc2c[nH]c3ccc(OC)cc23)ccc1O. The summed E-state index contributed by atoms with van der Waals surface area (Å²) in [5.74, 6) is -0.601. The molecule has 4 rings (SSSR count). The number of aromatic hydroxyl groups is 1. The standard InChI is InChI=1S/C25H26N2O6/c1-4-33-21-11-15(5-8-20(21)29)23-22(14(2)28)24(30)25(31)27(23)10-9-16-13-26-19-7-6-17(32-3)12-18(16)19/h5-8,11-13,23,26,29-30H,4,9-10H2,1-3H3. The Morgan fingerprint density at radius 2 is 1.97 bits per heavy atom. The van der Waals surface area contributed by atoms with Gasteiger partial charge in [-0.3, -0.25) is 9.59 Å². The van der Waals surface area contributed by atoms with Crippen LogP contribution in [0, 0.1) is 0 Å². The predicted octanol–water partition coefficient (Wildman–Crippen LogP) is 3.81. The molecule has 3 aromatic rings. The molecule has 1 aliphatic heterocycles. The largest absolute Gasteiger partial charge is 0.504 e. The molecule has 1 unspecified atom stereocenters. The van der Waals surface area contributed by atoms with Crippen molar-refractivity contribution in [3.05, 3.63) is 65.1 Å². The second kappa shape index (κ2) is 8.90. The van der Waals surface area contributed by atoms with Crippen LogP contribution in [0.1, 0.15) is 31.0 Å². The van der Waals surface area contributed by atoms with Crippen LogP contribution in [0.3, 0.4) is 0 Å². The van der Waals surface area contributed by atoms with Crippen LogP contribution in [0.2, 0.25) is 0 Å². The zero-order valence-corrected chi connectivity index (χ0v) is 18.7. The molecule has 0 bridgehead atoms. The minimum absolute atomic E-state index is 0.0359. The molecule has 33 heavy (non-hydrogen) atoms. The number of H-pyrrole nitrogens is 1. The van der Waals surface area contributed by atoms with Gasteiger partial charge in [0.05, 0.1) is 25.3 Å². The molecule has 0 spiro atoms. The number of ether oxygens (including phenoxy) is 2. The highest BCUT2D eigenvalue weighted by molar-refractivity contribution is 6.08. The van der Waals surface area contributed by atoms with E-state index in [4.69, 9.17) is 9.47 Å². The number of phenolic OH excluding ortho intramolecular Hbond substituents is 1. The third-order valence-corrected chi connectivity index (χ3v) is 5.88. The Balaban J connectivity index is 1.69. The van der Waals surface area contributed by atoms with Crippen LogP contribution in [-0.4, -0.2) is 52.0 Å². The summed E-state index contributed by atoms with van der Waals surface area (Å²) in [7, 11) is 1.60. The van der Waals surface area contributed by atoms with Crippen molar-refractivity contribution in [1.82, 2.24) is 9.88 Å². The highest BCUT2D eigenvalue weighted by atomic mass is 16.5. The average molecular weight is 450 g/mol. The first-order valence-corrected chi connectivity index (χ1v) is 10.7. The van der Waals surface area contributed by atoms with Crippen molar-refractivity contribution in [2.45, 2.75) is 26.3 Å². The number of aromatic nitrogens is 1. The fourth-order valence-electron chi connectivity index (χ4n) is 4.29. The minimum Gasteiger partial charge on any atom is -0.504 e. The smallest absolute Gasteiger partial charge is 0.290 e. The highest BCUT2D eigenvalue weighted by Crippen LogP contribution is 2.40. The Morgan fingerprint density at radius 1 is 1.18 bits per heavy atom. The first kappa shape index (κ1) is 22.3. The van der Waals surface area contributed by atoms with E-state index in [0.717, 1.165) is 22.2 Å². The van der Waals surface area contributed by atoms with Gasteiger partial charge in [0.2, 0.25) is 0 Å². The number of carbonyl (C=O) groups excluding carboxylic acids is 2. The molecule has 2 aromatic carbocycles. The monoisotopic (exact) mass is 450 g/mol. The summed E-state index contributed by atoms with van der Waals surface area (Å²) in [6, 6.07) is 9.62. The molecule has 0 saturated carbocycles. The van der Waals surface area contributed by atoms with Gasteiger partial charge in [0.15, 0.2) is 23.0 Å². The molecule has 1 atom stereocenters. The van der Waals surface area contributed by atoms with E-state index >= 15 is 0 Å². The quantitative estimate of drug-likeness (QED) is 0.481. The number of aliphatic hydroxyl groups is 1. The number of methoxy groups -OCH3 is 1. The Labute approximate surface area is 191 Å². The summed E-state index contributed by atoms with van der Waals surface area (Å²) in [5, 5.41) is 21.6. The molecule has 1 aliphatic rings. The summed E-state index contributed by atoms with van der Waals surface area (Å²) in [6.07, 6.45) is 2.37. The Bertz CT molecular complexity index is 1260. The Hall–Kier alpha value is -3.94. The maximum atomic E-state index is 13.0. The molecule has 1 amide bonds. The number of Topliss-reactive ketones (excluding diaryl/α,β-unsaturated/α-hetero) is 1. The van der Waals surface area contributed by atoms with Crippen LogP contribution in [0.4, 0.5) is 0 Å². The Kier molecular flexibility index (Phi) is 6.00. The molecule has 0 saturated heterocycles. The van der Waals surface area contributed by atoms with E-state index in [0.29, 0.717) is 18.6 Å². The number of carbonyl (C=O) groups is 2. The number of aromatic amines is 1. The van der Waals surface area contributed by atoms with Crippen LogP contribution in [-0.2, 0) is 16.0 Å². The lowest BCUT2D eigenvalue weighted by Crippen LogP contribution is -2.32. The van der Waals surface area contributed by atoms with Gasteiger partial charge in [-0.15, -0.1) is 0 Å². The number of fused-ring (bicyclic) bond motifs is 1. The number of nitrogens with one attached hydrogen (secondary N) is 1. The fourth-order valence-corrected chi connectivity index (χ4v) is 4.29. The highest BCUT2D eigenvalue weighted by Gasteiger charge is 2.42. The molecule has 8 nitrogen and oxygen atoms in total. The molecule has 0 fully saturated rings. The van der Waals surface area contributed by atoms with Gasteiger partial charge in [0, 0.05) is 23.6 Å². The van der Waals surface area contributed by atoms with E-state index in [1.807, 2.05) is 24.4 Å². The summed E-state index contributed by atoms with van der Waals surface area (Å²) in [6.45, 7) is 3.72. The average Bonchev–Trinajstić information content (AvgIpc) is 3.32. The Morgan fingerprint density at radius 3 is 2.67 bits per heavy atom. The number of ketones is 1. The van der Waals surface area contributed by atoms with Gasteiger partial charge < -0.3 is 29.6 Å².